The van der Waals surface area contributed by atoms with Gasteiger partial charge < -0.3 is 19.1 Å². The van der Waals surface area contributed by atoms with E-state index in [2.05, 4.69) is 9.89 Å². The van der Waals surface area contributed by atoms with Gasteiger partial charge in [0.2, 0.25) is 0 Å². The lowest BCUT2D eigenvalue weighted by atomic mass is 10.2. The minimum absolute atomic E-state index is 0.125. The zero-order chi connectivity index (χ0) is 19.4. The van der Waals surface area contributed by atoms with Crippen LogP contribution >= 0.6 is 11.8 Å². The molecule has 0 aromatic heterocycles. The number of carbonyl (C=O) groups is 1. The van der Waals surface area contributed by atoms with Gasteiger partial charge in [-0.2, -0.15) is 4.99 Å². The first kappa shape index (κ1) is 19.8. The zero-order valence-electron chi connectivity index (χ0n) is 16.2. The van der Waals surface area contributed by atoms with Gasteiger partial charge >= 0.3 is 0 Å². The molecule has 1 fully saturated rings. The largest absolute Gasteiger partial charge is 0.490 e. The highest BCUT2D eigenvalue weighted by atomic mass is 32.2. The Morgan fingerprint density at radius 3 is 2.52 bits per heavy atom. The average Bonchev–Trinajstić information content (AvgIpc) is 2.97. The monoisotopic (exact) mass is 390 g/mol. The Morgan fingerprint density at radius 2 is 1.85 bits per heavy atom. The van der Waals surface area contributed by atoms with Gasteiger partial charge in [-0.05, 0) is 63.2 Å². The molecule has 7 heteroatoms. The molecule has 1 aromatic rings. The number of carbonyl (C=O) groups excluding carboxylic acids is 1. The molecule has 1 saturated heterocycles. The molecule has 6 nitrogen and oxygen atoms in total. The third-order valence-corrected chi connectivity index (χ3v) is 5.21. The Hall–Kier alpha value is -1.99. The summed E-state index contributed by atoms with van der Waals surface area (Å²) in [7, 11) is 0. The van der Waals surface area contributed by atoms with Gasteiger partial charge in [-0.25, -0.2) is 0 Å². The number of benzene rings is 1. The Labute approximate surface area is 164 Å². The van der Waals surface area contributed by atoms with E-state index in [0.717, 1.165) is 23.8 Å². The fraction of sp³-hybridized carbons (Fsp3) is 0.500. The number of ether oxygens (including phenoxy) is 3. The summed E-state index contributed by atoms with van der Waals surface area (Å²) in [5.74, 6) is 1.19. The van der Waals surface area contributed by atoms with Gasteiger partial charge in [0.05, 0.1) is 30.3 Å². The highest BCUT2D eigenvalue weighted by Crippen LogP contribution is 2.34. The molecule has 3 rings (SSSR count). The second-order valence-electron chi connectivity index (χ2n) is 6.54. The molecular weight excluding hydrogens is 364 g/mol. The van der Waals surface area contributed by atoms with Crippen LogP contribution in [0.3, 0.4) is 0 Å². The zero-order valence-corrected chi connectivity index (χ0v) is 17.0. The number of rotatable bonds is 5. The molecule has 0 saturated carbocycles. The predicted molar refractivity (Wildman–Crippen MR) is 108 cm³/mol. The number of thioether (sulfide) groups is 1. The van der Waals surface area contributed by atoms with E-state index in [9.17, 15) is 4.79 Å². The molecule has 1 amide bonds. The summed E-state index contributed by atoms with van der Waals surface area (Å²) in [4.78, 5) is 19.4. The first-order valence-electron chi connectivity index (χ1n) is 9.32. The van der Waals surface area contributed by atoms with Crippen LogP contribution in [-0.4, -0.2) is 54.5 Å². The topological polar surface area (TPSA) is 60.4 Å². The van der Waals surface area contributed by atoms with Crippen molar-refractivity contribution in [3.8, 4) is 11.5 Å². The van der Waals surface area contributed by atoms with Crippen molar-refractivity contribution in [1.29, 1.82) is 0 Å². The second-order valence-corrected chi connectivity index (χ2v) is 7.55. The molecule has 27 heavy (non-hydrogen) atoms. The first-order chi connectivity index (χ1) is 13.0. The van der Waals surface area contributed by atoms with Crippen LogP contribution < -0.4 is 9.47 Å². The molecule has 2 aliphatic heterocycles. The van der Waals surface area contributed by atoms with Crippen LogP contribution in [0, 0.1) is 0 Å². The SMILES string of the molecule is CCOc1ccc(/C=C2\SC(N3C[C@@H](C)O[C@H](C)C3)=NC2=O)cc1OCC. The normalized spacial score (nSPS) is 24.3. The van der Waals surface area contributed by atoms with Gasteiger partial charge in [0.25, 0.3) is 5.91 Å². The molecular formula is C20H26N2O4S. The highest BCUT2D eigenvalue weighted by Gasteiger charge is 2.31. The van der Waals surface area contributed by atoms with E-state index in [-0.39, 0.29) is 18.1 Å². The lowest BCUT2D eigenvalue weighted by Crippen LogP contribution is -2.47. The van der Waals surface area contributed by atoms with E-state index >= 15 is 0 Å². The molecule has 0 aliphatic carbocycles. The van der Waals surface area contributed by atoms with Crippen molar-refractivity contribution in [3.63, 3.8) is 0 Å². The summed E-state index contributed by atoms with van der Waals surface area (Å²) in [5, 5.41) is 0.754. The molecule has 2 aliphatic rings. The summed E-state index contributed by atoms with van der Waals surface area (Å²) in [6.07, 6.45) is 2.11. The smallest absolute Gasteiger partial charge is 0.286 e. The van der Waals surface area contributed by atoms with Crippen molar-refractivity contribution < 1.29 is 19.0 Å². The molecule has 2 heterocycles. The number of amidine groups is 1. The number of aliphatic imine (C=N–C) groups is 1. The maximum absolute atomic E-state index is 12.4. The fourth-order valence-electron chi connectivity index (χ4n) is 3.18. The van der Waals surface area contributed by atoms with Gasteiger partial charge in [-0.15, -0.1) is 0 Å². The van der Waals surface area contributed by atoms with Crippen LogP contribution in [0.2, 0.25) is 0 Å². The molecule has 0 N–H and O–H groups in total. The Kier molecular flexibility index (Phi) is 6.44. The van der Waals surface area contributed by atoms with Gasteiger partial charge in [0, 0.05) is 13.1 Å². The van der Waals surface area contributed by atoms with Crippen LogP contribution in [0.15, 0.2) is 28.1 Å². The maximum Gasteiger partial charge on any atom is 0.286 e. The summed E-state index contributed by atoms with van der Waals surface area (Å²) in [5.41, 5.74) is 0.887. The van der Waals surface area contributed by atoms with Crippen LogP contribution in [0.5, 0.6) is 11.5 Å². The van der Waals surface area contributed by atoms with Crippen molar-refractivity contribution in [3.05, 3.63) is 28.7 Å². The van der Waals surface area contributed by atoms with Crippen molar-refractivity contribution in [2.75, 3.05) is 26.3 Å². The van der Waals surface area contributed by atoms with E-state index in [0.29, 0.717) is 29.6 Å². The highest BCUT2D eigenvalue weighted by molar-refractivity contribution is 8.18. The van der Waals surface area contributed by atoms with E-state index < -0.39 is 0 Å². The Balaban J connectivity index is 1.76. The van der Waals surface area contributed by atoms with Crippen molar-refractivity contribution in [1.82, 2.24) is 4.90 Å². The van der Waals surface area contributed by atoms with Crippen molar-refractivity contribution in [2.24, 2.45) is 4.99 Å². The van der Waals surface area contributed by atoms with E-state index in [1.807, 2.05) is 52.0 Å². The van der Waals surface area contributed by atoms with Crippen LogP contribution in [0.25, 0.3) is 6.08 Å². The molecule has 0 spiro atoms. The molecule has 0 unspecified atom stereocenters. The van der Waals surface area contributed by atoms with Gasteiger partial charge in [-0.3, -0.25) is 4.79 Å². The van der Waals surface area contributed by atoms with Gasteiger partial charge in [0.1, 0.15) is 0 Å². The van der Waals surface area contributed by atoms with Crippen LogP contribution in [-0.2, 0) is 9.53 Å². The Morgan fingerprint density at radius 1 is 1.19 bits per heavy atom. The van der Waals surface area contributed by atoms with Crippen molar-refractivity contribution >= 4 is 28.9 Å². The van der Waals surface area contributed by atoms with E-state index in [1.54, 1.807) is 0 Å². The van der Waals surface area contributed by atoms with Crippen LogP contribution in [0.1, 0.15) is 33.3 Å². The van der Waals surface area contributed by atoms with Gasteiger partial charge in [-0.1, -0.05) is 6.07 Å². The predicted octanol–water partition coefficient (Wildman–Crippen LogP) is 3.56. The standard InChI is InChI=1S/C20H26N2O4S/c1-5-24-16-8-7-15(9-17(16)25-6-2)10-18-19(23)21-20(27-18)22-11-13(3)26-14(4)12-22/h7-10,13-14H,5-6,11-12H2,1-4H3/b18-10-/t13-,14-/m1/s1. The summed E-state index contributed by atoms with van der Waals surface area (Å²) in [6, 6.07) is 5.69. The van der Waals surface area contributed by atoms with Crippen molar-refractivity contribution in [2.45, 2.75) is 39.9 Å². The lowest BCUT2D eigenvalue weighted by Gasteiger charge is -2.35. The third-order valence-electron chi connectivity index (χ3n) is 4.16. The molecule has 2 atom stereocenters. The quantitative estimate of drug-likeness (QED) is 0.717. The van der Waals surface area contributed by atoms with Crippen LogP contribution in [0.4, 0.5) is 0 Å². The molecule has 0 bridgehead atoms. The van der Waals surface area contributed by atoms with E-state index in [4.69, 9.17) is 14.2 Å². The lowest BCUT2D eigenvalue weighted by molar-refractivity contribution is -0.113. The maximum atomic E-state index is 12.4. The Bertz CT molecular complexity index is 752. The average molecular weight is 391 g/mol. The number of amides is 1. The minimum atomic E-state index is -0.200. The third kappa shape index (κ3) is 4.84. The second kappa shape index (κ2) is 8.80. The summed E-state index contributed by atoms with van der Waals surface area (Å²) >= 11 is 1.42. The van der Waals surface area contributed by atoms with Gasteiger partial charge in [0.15, 0.2) is 16.7 Å². The minimum Gasteiger partial charge on any atom is -0.490 e. The molecule has 146 valence electrons. The first-order valence-corrected chi connectivity index (χ1v) is 10.1. The number of hydrogen-bond donors (Lipinski definition) is 0. The molecule has 1 aromatic carbocycles. The number of morpholine rings is 1. The van der Waals surface area contributed by atoms with E-state index in [1.165, 1.54) is 11.8 Å². The number of hydrogen-bond acceptors (Lipinski definition) is 6. The number of nitrogens with zero attached hydrogens (tertiary/aromatic N) is 2. The molecule has 0 radical (unpaired) electrons. The fourth-order valence-corrected chi connectivity index (χ4v) is 4.11. The summed E-state index contributed by atoms with van der Waals surface area (Å²) in [6.45, 7) is 10.6. The summed E-state index contributed by atoms with van der Waals surface area (Å²) < 4.78 is 17.0.